The van der Waals surface area contributed by atoms with E-state index in [1.807, 2.05) is 30.9 Å². The third-order valence-electron chi connectivity index (χ3n) is 2.64. The molecule has 0 N–H and O–H groups in total. The van der Waals surface area contributed by atoms with Crippen molar-refractivity contribution < 1.29 is 4.79 Å². The lowest BCUT2D eigenvalue weighted by molar-refractivity contribution is -0.133. The Balaban J connectivity index is 2.17. The van der Waals surface area contributed by atoms with Gasteiger partial charge in [0.2, 0.25) is 5.91 Å². The first-order valence-electron chi connectivity index (χ1n) is 5.03. The SMILES string of the molecule is CC(C)(Br)C(=O)N1Cc2ccccc2C1. The summed E-state index contributed by atoms with van der Waals surface area (Å²) in [4.78, 5) is 13.9. The number of fused-ring (bicyclic) bond motifs is 1. The fraction of sp³-hybridized carbons (Fsp3) is 0.417. The monoisotopic (exact) mass is 267 g/mol. The normalized spacial score (nSPS) is 15.3. The standard InChI is InChI=1S/C12H14BrNO/c1-12(2,13)11(15)14-7-9-5-3-4-6-10(9)8-14/h3-6H,7-8H2,1-2H3. The van der Waals surface area contributed by atoms with Crippen LogP contribution in [0.15, 0.2) is 24.3 Å². The summed E-state index contributed by atoms with van der Waals surface area (Å²) in [5, 5.41) is 0. The van der Waals surface area contributed by atoms with Crippen LogP contribution in [0.4, 0.5) is 0 Å². The molecule has 2 nitrogen and oxygen atoms in total. The maximum atomic E-state index is 12.0. The quantitative estimate of drug-likeness (QED) is 0.717. The summed E-state index contributed by atoms with van der Waals surface area (Å²) in [6.45, 7) is 5.25. The summed E-state index contributed by atoms with van der Waals surface area (Å²) < 4.78 is -0.463. The maximum absolute atomic E-state index is 12.0. The highest BCUT2D eigenvalue weighted by molar-refractivity contribution is 9.10. The molecule has 0 saturated carbocycles. The highest BCUT2D eigenvalue weighted by atomic mass is 79.9. The summed E-state index contributed by atoms with van der Waals surface area (Å²) in [6, 6.07) is 8.21. The first-order chi connectivity index (χ1) is 6.98. The van der Waals surface area contributed by atoms with E-state index in [1.165, 1.54) is 11.1 Å². The summed E-state index contributed by atoms with van der Waals surface area (Å²) >= 11 is 3.41. The summed E-state index contributed by atoms with van der Waals surface area (Å²) in [6.07, 6.45) is 0. The van der Waals surface area contributed by atoms with Crippen LogP contribution in [0.2, 0.25) is 0 Å². The van der Waals surface area contributed by atoms with Crippen molar-refractivity contribution in [3.8, 4) is 0 Å². The van der Waals surface area contributed by atoms with Crippen LogP contribution >= 0.6 is 15.9 Å². The zero-order valence-corrected chi connectivity index (χ0v) is 10.5. The van der Waals surface area contributed by atoms with Gasteiger partial charge in [-0.15, -0.1) is 0 Å². The first kappa shape index (κ1) is 10.7. The molecule has 0 spiro atoms. The first-order valence-corrected chi connectivity index (χ1v) is 5.83. The largest absolute Gasteiger partial charge is 0.333 e. The molecule has 1 aliphatic heterocycles. The molecule has 1 amide bonds. The molecule has 0 aliphatic carbocycles. The minimum Gasteiger partial charge on any atom is -0.333 e. The lowest BCUT2D eigenvalue weighted by atomic mass is 10.1. The molecule has 1 aromatic carbocycles. The van der Waals surface area contributed by atoms with E-state index in [4.69, 9.17) is 0 Å². The van der Waals surface area contributed by atoms with Gasteiger partial charge in [0.25, 0.3) is 0 Å². The molecule has 1 heterocycles. The Labute approximate surface area is 98.4 Å². The number of amides is 1. The second-order valence-corrected chi connectivity index (χ2v) is 6.38. The van der Waals surface area contributed by atoms with Crippen LogP contribution in [-0.4, -0.2) is 15.1 Å². The van der Waals surface area contributed by atoms with Crippen LogP contribution in [0.3, 0.4) is 0 Å². The molecule has 0 saturated heterocycles. The molecule has 0 unspecified atom stereocenters. The van der Waals surface area contributed by atoms with Crippen LogP contribution in [0, 0.1) is 0 Å². The van der Waals surface area contributed by atoms with Crippen molar-refractivity contribution in [3.05, 3.63) is 35.4 Å². The van der Waals surface area contributed by atoms with Gasteiger partial charge in [0.15, 0.2) is 0 Å². The molecule has 15 heavy (non-hydrogen) atoms. The van der Waals surface area contributed by atoms with Gasteiger partial charge in [-0.25, -0.2) is 0 Å². The molecule has 3 heteroatoms. The fourth-order valence-electron chi connectivity index (χ4n) is 1.85. The maximum Gasteiger partial charge on any atom is 0.239 e. The van der Waals surface area contributed by atoms with Gasteiger partial charge in [-0.1, -0.05) is 40.2 Å². The Hall–Kier alpha value is -0.830. The smallest absolute Gasteiger partial charge is 0.239 e. The summed E-state index contributed by atoms with van der Waals surface area (Å²) in [7, 11) is 0. The molecule has 1 aliphatic rings. The molecular weight excluding hydrogens is 254 g/mol. The Morgan fingerprint density at radius 3 is 2.13 bits per heavy atom. The van der Waals surface area contributed by atoms with Gasteiger partial charge in [0, 0.05) is 13.1 Å². The average molecular weight is 268 g/mol. The van der Waals surface area contributed by atoms with E-state index in [2.05, 4.69) is 28.1 Å². The molecule has 0 fully saturated rings. The van der Waals surface area contributed by atoms with Gasteiger partial charge in [0.1, 0.15) is 0 Å². The van der Waals surface area contributed by atoms with E-state index in [-0.39, 0.29) is 5.91 Å². The minimum absolute atomic E-state index is 0.152. The fourth-order valence-corrected chi connectivity index (χ4v) is 2.10. The predicted molar refractivity (Wildman–Crippen MR) is 63.7 cm³/mol. The van der Waals surface area contributed by atoms with Crippen molar-refractivity contribution in [2.45, 2.75) is 31.3 Å². The predicted octanol–water partition coefficient (Wildman–Crippen LogP) is 2.70. The van der Waals surface area contributed by atoms with Crippen molar-refractivity contribution in [1.29, 1.82) is 0 Å². The van der Waals surface area contributed by atoms with Crippen molar-refractivity contribution in [1.82, 2.24) is 4.90 Å². The molecule has 0 bridgehead atoms. The molecule has 1 aromatic rings. The van der Waals surface area contributed by atoms with Gasteiger partial charge < -0.3 is 4.90 Å². The Morgan fingerprint density at radius 2 is 1.73 bits per heavy atom. The zero-order valence-electron chi connectivity index (χ0n) is 8.96. The van der Waals surface area contributed by atoms with Crippen LogP contribution in [0.1, 0.15) is 25.0 Å². The molecule has 0 aromatic heterocycles. The van der Waals surface area contributed by atoms with Gasteiger partial charge in [-0.2, -0.15) is 0 Å². The van der Waals surface area contributed by atoms with Crippen molar-refractivity contribution in [2.24, 2.45) is 0 Å². The van der Waals surface area contributed by atoms with Crippen LogP contribution < -0.4 is 0 Å². The number of nitrogens with zero attached hydrogens (tertiary/aromatic N) is 1. The molecule has 0 radical (unpaired) electrons. The lowest BCUT2D eigenvalue weighted by Crippen LogP contribution is -2.38. The third-order valence-corrected chi connectivity index (χ3v) is 2.98. The van der Waals surface area contributed by atoms with Gasteiger partial charge in [-0.05, 0) is 25.0 Å². The number of rotatable bonds is 1. The van der Waals surface area contributed by atoms with E-state index in [0.717, 1.165) is 13.1 Å². The van der Waals surface area contributed by atoms with Gasteiger partial charge in [-0.3, -0.25) is 4.79 Å². The van der Waals surface area contributed by atoms with Crippen LogP contribution in [0.25, 0.3) is 0 Å². The van der Waals surface area contributed by atoms with Crippen molar-refractivity contribution in [3.63, 3.8) is 0 Å². The Morgan fingerprint density at radius 1 is 1.27 bits per heavy atom. The molecule has 2 rings (SSSR count). The van der Waals surface area contributed by atoms with E-state index < -0.39 is 4.32 Å². The van der Waals surface area contributed by atoms with Gasteiger partial charge in [0.05, 0.1) is 4.32 Å². The number of alkyl halides is 1. The molecular formula is C12H14BrNO. The van der Waals surface area contributed by atoms with Crippen LogP contribution in [0.5, 0.6) is 0 Å². The number of carbonyl (C=O) groups excluding carboxylic acids is 1. The highest BCUT2D eigenvalue weighted by Gasteiger charge is 2.32. The van der Waals surface area contributed by atoms with Crippen molar-refractivity contribution in [2.75, 3.05) is 0 Å². The van der Waals surface area contributed by atoms with E-state index in [1.54, 1.807) is 0 Å². The average Bonchev–Trinajstić information content (AvgIpc) is 2.58. The Kier molecular flexibility index (Phi) is 2.59. The summed E-state index contributed by atoms with van der Waals surface area (Å²) in [5.41, 5.74) is 2.53. The minimum atomic E-state index is -0.463. The van der Waals surface area contributed by atoms with Crippen LogP contribution in [-0.2, 0) is 17.9 Å². The second kappa shape index (κ2) is 3.63. The lowest BCUT2D eigenvalue weighted by Gasteiger charge is -2.23. The molecule has 80 valence electrons. The van der Waals surface area contributed by atoms with Crippen molar-refractivity contribution >= 4 is 21.8 Å². The number of hydrogen-bond donors (Lipinski definition) is 0. The number of halogens is 1. The number of carbonyl (C=O) groups is 1. The topological polar surface area (TPSA) is 20.3 Å². The molecule has 0 atom stereocenters. The Bertz CT molecular complexity index is 370. The summed E-state index contributed by atoms with van der Waals surface area (Å²) in [5.74, 6) is 0.152. The van der Waals surface area contributed by atoms with E-state index in [0.29, 0.717) is 0 Å². The zero-order chi connectivity index (χ0) is 11.1. The second-order valence-electron chi connectivity index (χ2n) is 4.40. The number of hydrogen-bond acceptors (Lipinski definition) is 1. The third kappa shape index (κ3) is 2.07. The highest BCUT2D eigenvalue weighted by Crippen LogP contribution is 2.27. The number of benzene rings is 1. The van der Waals surface area contributed by atoms with Gasteiger partial charge >= 0.3 is 0 Å². The van der Waals surface area contributed by atoms with E-state index >= 15 is 0 Å². The van der Waals surface area contributed by atoms with E-state index in [9.17, 15) is 4.79 Å².